The molecule has 0 spiro atoms. The first-order valence-corrected chi connectivity index (χ1v) is 8.07. The maximum absolute atomic E-state index is 11.9. The number of benzene rings is 1. The van der Waals surface area contributed by atoms with Crippen LogP contribution >= 0.6 is 43.2 Å². The second kappa shape index (κ2) is 6.63. The van der Waals surface area contributed by atoms with Crippen molar-refractivity contribution in [1.82, 2.24) is 4.98 Å². The number of aromatic nitrogens is 1. The zero-order valence-corrected chi connectivity index (χ0v) is 14.1. The molecule has 1 heterocycles. The van der Waals surface area contributed by atoms with Gasteiger partial charge in [-0.1, -0.05) is 39.4 Å². The summed E-state index contributed by atoms with van der Waals surface area (Å²) in [5, 5.41) is 0. The van der Waals surface area contributed by atoms with Crippen molar-refractivity contribution in [3.8, 4) is 0 Å². The van der Waals surface area contributed by atoms with Gasteiger partial charge in [-0.05, 0) is 40.5 Å². The van der Waals surface area contributed by atoms with Gasteiger partial charge in [0.1, 0.15) is 4.88 Å². The first kappa shape index (κ1) is 14.7. The van der Waals surface area contributed by atoms with E-state index < -0.39 is 0 Å². The van der Waals surface area contributed by atoms with Crippen LogP contribution in [0.3, 0.4) is 0 Å². The van der Waals surface area contributed by atoms with E-state index in [1.807, 2.05) is 24.3 Å². The summed E-state index contributed by atoms with van der Waals surface area (Å²) in [7, 11) is 0. The van der Waals surface area contributed by atoms with Gasteiger partial charge in [-0.25, -0.2) is 9.78 Å². The molecule has 19 heavy (non-hydrogen) atoms. The maximum Gasteiger partial charge on any atom is 0.350 e. The maximum atomic E-state index is 11.9. The summed E-state index contributed by atoms with van der Waals surface area (Å²) in [4.78, 5) is 16.8. The highest BCUT2D eigenvalue weighted by molar-refractivity contribution is 9.11. The SMILES string of the molecule is CCOC(=O)c1sc(Br)nc1Cc1cccc(Br)c1. The fraction of sp³-hybridized carbons (Fsp3) is 0.231. The van der Waals surface area contributed by atoms with E-state index in [0.717, 1.165) is 15.7 Å². The number of ether oxygens (including phenoxy) is 1. The molecule has 0 aliphatic rings. The summed E-state index contributed by atoms with van der Waals surface area (Å²) >= 11 is 8.06. The summed E-state index contributed by atoms with van der Waals surface area (Å²) in [6, 6.07) is 7.95. The van der Waals surface area contributed by atoms with E-state index in [4.69, 9.17) is 4.74 Å². The lowest BCUT2D eigenvalue weighted by atomic mass is 10.1. The van der Waals surface area contributed by atoms with Crippen LogP contribution in [0.1, 0.15) is 27.9 Å². The predicted molar refractivity (Wildman–Crippen MR) is 82.7 cm³/mol. The predicted octanol–water partition coefficient (Wildman–Crippen LogP) is 4.44. The molecule has 6 heteroatoms. The molecule has 0 aliphatic heterocycles. The molecule has 0 bridgehead atoms. The Morgan fingerprint density at radius 2 is 2.21 bits per heavy atom. The Morgan fingerprint density at radius 1 is 1.42 bits per heavy atom. The Hall–Kier alpha value is -0.720. The largest absolute Gasteiger partial charge is 0.462 e. The van der Waals surface area contributed by atoms with Gasteiger partial charge in [-0.15, -0.1) is 0 Å². The van der Waals surface area contributed by atoms with Crippen LogP contribution in [0, 0.1) is 0 Å². The lowest BCUT2D eigenvalue weighted by molar-refractivity contribution is 0.0530. The number of hydrogen-bond acceptors (Lipinski definition) is 4. The molecular formula is C13H11Br2NO2S. The molecule has 0 saturated carbocycles. The average molecular weight is 405 g/mol. The van der Waals surface area contributed by atoms with Crippen molar-refractivity contribution in [2.75, 3.05) is 6.61 Å². The molecule has 0 saturated heterocycles. The van der Waals surface area contributed by atoms with Gasteiger partial charge >= 0.3 is 5.97 Å². The van der Waals surface area contributed by atoms with Gasteiger partial charge in [-0.2, -0.15) is 0 Å². The van der Waals surface area contributed by atoms with Crippen molar-refractivity contribution in [1.29, 1.82) is 0 Å². The number of esters is 1. The second-order valence-corrected chi connectivity index (χ2v) is 6.96. The van der Waals surface area contributed by atoms with Gasteiger partial charge in [0.05, 0.1) is 12.3 Å². The zero-order chi connectivity index (χ0) is 13.8. The summed E-state index contributed by atoms with van der Waals surface area (Å²) in [5.41, 5.74) is 1.84. The van der Waals surface area contributed by atoms with Gasteiger partial charge in [-0.3, -0.25) is 0 Å². The summed E-state index contributed by atoms with van der Waals surface area (Å²) in [5.74, 6) is -0.310. The lowest BCUT2D eigenvalue weighted by Crippen LogP contribution is -2.06. The minimum Gasteiger partial charge on any atom is -0.462 e. The van der Waals surface area contributed by atoms with Crippen LogP contribution in [0.25, 0.3) is 0 Å². The van der Waals surface area contributed by atoms with Crippen molar-refractivity contribution in [3.05, 3.63) is 48.8 Å². The van der Waals surface area contributed by atoms with Crippen molar-refractivity contribution < 1.29 is 9.53 Å². The van der Waals surface area contributed by atoms with Crippen LogP contribution in [0.15, 0.2) is 32.7 Å². The number of carbonyl (C=O) groups is 1. The van der Waals surface area contributed by atoms with E-state index in [0.29, 0.717) is 21.8 Å². The lowest BCUT2D eigenvalue weighted by Gasteiger charge is -2.03. The molecule has 2 aromatic rings. The quantitative estimate of drug-likeness (QED) is 0.707. The Bertz CT molecular complexity index is 598. The highest BCUT2D eigenvalue weighted by Gasteiger charge is 2.18. The molecule has 0 fully saturated rings. The second-order valence-electron chi connectivity index (χ2n) is 3.77. The van der Waals surface area contributed by atoms with Gasteiger partial charge in [0.25, 0.3) is 0 Å². The molecular weight excluding hydrogens is 394 g/mol. The Morgan fingerprint density at radius 3 is 2.89 bits per heavy atom. The van der Waals surface area contributed by atoms with Crippen LogP contribution in [0.5, 0.6) is 0 Å². The minimum atomic E-state index is -0.310. The van der Waals surface area contributed by atoms with Gasteiger partial charge in [0.15, 0.2) is 3.92 Å². The number of thiazole rings is 1. The summed E-state index contributed by atoms with van der Waals surface area (Å²) < 4.78 is 6.75. The van der Waals surface area contributed by atoms with Gasteiger partial charge in [0.2, 0.25) is 0 Å². The minimum absolute atomic E-state index is 0.310. The third-order valence-corrected chi connectivity index (χ3v) is 4.41. The molecule has 100 valence electrons. The average Bonchev–Trinajstić information content (AvgIpc) is 2.70. The van der Waals surface area contributed by atoms with Crippen LogP contribution in [-0.4, -0.2) is 17.6 Å². The fourth-order valence-corrected chi connectivity index (χ4v) is 3.49. The molecule has 0 aliphatic carbocycles. The Balaban J connectivity index is 2.27. The third-order valence-electron chi connectivity index (χ3n) is 2.39. The first-order valence-electron chi connectivity index (χ1n) is 5.67. The van der Waals surface area contributed by atoms with Crippen molar-refractivity contribution in [3.63, 3.8) is 0 Å². The van der Waals surface area contributed by atoms with E-state index in [9.17, 15) is 4.79 Å². The monoisotopic (exact) mass is 403 g/mol. The number of hydrogen-bond donors (Lipinski definition) is 0. The molecule has 1 aromatic heterocycles. The summed E-state index contributed by atoms with van der Waals surface area (Å²) in [6.45, 7) is 2.16. The number of halogens is 2. The van der Waals surface area contributed by atoms with E-state index >= 15 is 0 Å². The highest BCUT2D eigenvalue weighted by atomic mass is 79.9. The molecule has 0 unspecified atom stereocenters. The zero-order valence-electron chi connectivity index (χ0n) is 10.2. The van der Waals surface area contributed by atoms with E-state index in [-0.39, 0.29) is 5.97 Å². The van der Waals surface area contributed by atoms with Crippen molar-refractivity contribution >= 4 is 49.2 Å². The normalized spacial score (nSPS) is 10.5. The van der Waals surface area contributed by atoms with Gasteiger partial charge in [0, 0.05) is 10.9 Å². The molecule has 3 nitrogen and oxygen atoms in total. The molecule has 1 aromatic carbocycles. The molecule has 0 N–H and O–H groups in total. The topological polar surface area (TPSA) is 39.2 Å². The Kier molecular flexibility index (Phi) is 5.13. The van der Waals surface area contributed by atoms with Crippen molar-refractivity contribution in [2.45, 2.75) is 13.3 Å². The van der Waals surface area contributed by atoms with Crippen LogP contribution in [-0.2, 0) is 11.2 Å². The van der Waals surface area contributed by atoms with E-state index in [1.165, 1.54) is 11.3 Å². The van der Waals surface area contributed by atoms with E-state index in [1.54, 1.807) is 6.92 Å². The smallest absolute Gasteiger partial charge is 0.350 e. The summed E-state index contributed by atoms with van der Waals surface area (Å²) in [6.07, 6.45) is 0.607. The van der Waals surface area contributed by atoms with E-state index in [2.05, 4.69) is 36.8 Å². The standard InChI is InChI=1S/C13H11Br2NO2S/c1-2-18-12(17)11-10(16-13(15)19-11)7-8-4-3-5-9(14)6-8/h3-6H,2,7H2,1H3. The molecule has 0 radical (unpaired) electrons. The van der Waals surface area contributed by atoms with Crippen molar-refractivity contribution in [2.24, 2.45) is 0 Å². The number of rotatable bonds is 4. The fourth-order valence-electron chi connectivity index (χ4n) is 1.64. The van der Waals surface area contributed by atoms with Crippen LogP contribution in [0.2, 0.25) is 0 Å². The number of nitrogens with zero attached hydrogens (tertiary/aromatic N) is 1. The highest BCUT2D eigenvalue weighted by Crippen LogP contribution is 2.26. The van der Waals surface area contributed by atoms with Crippen LogP contribution < -0.4 is 0 Å². The molecule has 0 amide bonds. The van der Waals surface area contributed by atoms with Crippen LogP contribution in [0.4, 0.5) is 0 Å². The molecule has 0 atom stereocenters. The van der Waals surface area contributed by atoms with Gasteiger partial charge < -0.3 is 4.74 Å². The molecule has 2 rings (SSSR count). The Labute approximate surface area is 132 Å². The third kappa shape index (κ3) is 3.87. The first-order chi connectivity index (χ1) is 9.10. The number of carbonyl (C=O) groups excluding carboxylic acids is 1.